The predicted octanol–water partition coefficient (Wildman–Crippen LogP) is 4.79. The van der Waals surface area contributed by atoms with E-state index in [4.69, 9.17) is 5.11 Å². The van der Waals surface area contributed by atoms with Crippen LogP contribution in [0.25, 0.3) is 5.57 Å². The van der Waals surface area contributed by atoms with Gasteiger partial charge in [-0.1, -0.05) is 38.1 Å². The largest absolute Gasteiger partial charge is 0.478 e. The van der Waals surface area contributed by atoms with Crippen molar-refractivity contribution in [3.05, 3.63) is 59.2 Å². The van der Waals surface area contributed by atoms with Gasteiger partial charge >= 0.3 is 5.97 Å². The van der Waals surface area contributed by atoms with Crippen molar-refractivity contribution < 1.29 is 9.90 Å². The summed E-state index contributed by atoms with van der Waals surface area (Å²) >= 11 is 0. The Morgan fingerprint density at radius 3 is 2.67 bits per heavy atom. The number of allylic oxidation sites excluding steroid dienone is 5. The summed E-state index contributed by atoms with van der Waals surface area (Å²) < 4.78 is 0. The quantitative estimate of drug-likeness (QED) is 0.639. The fraction of sp³-hybridized carbons (Fsp3) is 0.381. The molecule has 1 heterocycles. The highest BCUT2D eigenvalue weighted by Crippen LogP contribution is 2.40. The predicted molar refractivity (Wildman–Crippen MR) is 102 cm³/mol. The molecular weight excluding hydrogens is 298 g/mol. The van der Waals surface area contributed by atoms with Crippen LogP contribution in [0.4, 0.5) is 5.69 Å². The lowest BCUT2D eigenvalue weighted by molar-refractivity contribution is -0.131. The van der Waals surface area contributed by atoms with E-state index in [1.165, 1.54) is 28.5 Å². The number of hydrogen-bond acceptors (Lipinski definition) is 2. The first-order valence-electron chi connectivity index (χ1n) is 8.33. The third-order valence-electron chi connectivity index (χ3n) is 4.72. The molecule has 0 amide bonds. The number of aliphatic carboxylic acids is 1. The molecule has 3 nitrogen and oxygen atoms in total. The molecule has 1 aliphatic heterocycles. The Morgan fingerprint density at radius 1 is 1.29 bits per heavy atom. The maximum absolute atomic E-state index is 10.6. The molecule has 0 radical (unpaired) electrons. The van der Waals surface area contributed by atoms with Crippen molar-refractivity contribution in [1.82, 2.24) is 0 Å². The second kappa shape index (κ2) is 7.08. The van der Waals surface area contributed by atoms with Gasteiger partial charge in [0.1, 0.15) is 0 Å². The number of carboxylic acids is 1. The van der Waals surface area contributed by atoms with Crippen LogP contribution in [-0.2, 0) is 10.2 Å². The van der Waals surface area contributed by atoms with E-state index in [0.29, 0.717) is 0 Å². The molecule has 1 N–H and O–H groups in total. The van der Waals surface area contributed by atoms with Crippen LogP contribution >= 0.6 is 0 Å². The second-order valence-electron chi connectivity index (χ2n) is 7.22. The standard InChI is InChI=1S/C21H27NO2/c1-15(13-20(23)24)7-6-8-16(2)17-9-10-19-18(14-17)21(3,4)11-12-22(19)5/h6-10,13-14H,11-12H2,1-5H3,(H,23,24). The van der Waals surface area contributed by atoms with Crippen LogP contribution in [0.1, 0.15) is 45.2 Å². The maximum Gasteiger partial charge on any atom is 0.328 e. The summed E-state index contributed by atoms with van der Waals surface area (Å²) in [5.41, 5.74) is 6.00. The monoisotopic (exact) mass is 325 g/mol. The average Bonchev–Trinajstić information content (AvgIpc) is 2.50. The van der Waals surface area contributed by atoms with Gasteiger partial charge in [0.15, 0.2) is 0 Å². The molecule has 0 fully saturated rings. The minimum atomic E-state index is -0.918. The Hall–Kier alpha value is -2.29. The van der Waals surface area contributed by atoms with Crippen molar-refractivity contribution in [2.45, 2.75) is 39.5 Å². The summed E-state index contributed by atoms with van der Waals surface area (Å²) in [4.78, 5) is 12.9. The third kappa shape index (κ3) is 4.16. The summed E-state index contributed by atoms with van der Waals surface area (Å²) in [6, 6.07) is 6.67. The van der Waals surface area contributed by atoms with Crippen LogP contribution in [0.3, 0.4) is 0 Å². The minimum absolute atomic E-state index is 0.189. The van der Waals surface area contributed by atoms with Crippen LogP contribution < -0.4 is 4.90 Å². The summed E-state index contributed by atoms with van der Waals surface area (Å²) in [5, 5.41) is 8.72. The molecule has 0 unspecified atom stereocenters. The Kier molecular flexibility index (Phi) is 5.33. The van der Waals surface area contributed by atoms with Gasteiger partial charge in [0, 0.05) is 25.4 Å². The van der Waals surface area contributed by atoms with Gasteiger partial charge in [0.25, 0.3) is 0 Å². The van der Waals surface area contributed by atoms with Gasteiger partial charge in [0.2, 0.25) is 0 Å². The number of fused-ring (bicyclic) bond motifs is 1. The molecule has 0 saturated heterocycles. The van der Waals surface area contributed by atoms with Gasteiger partial charge < -0.3 is 10.0 Å². The van der Waals surface area contributed by atoms with Crippen molar-refractivity contribution >= 4 is 17.2 Å². The maximum atomic E-state index is 10.6. The number of rotatable bonds is 4. The van der Waals surface area contributed by atoms with Crippen molar-refractivity contribution in [2.24, 2.45) is 0 Å². The van der Waals surface area contributed by atoms with E-state index in [0.717, 1.165) is 18.5 Å². The summed E-state index contributed by atoms with van der Waals surface area (Å²) in [6.45, 7) is 9.57. The number of carbonyl (C=O) groups is 1. The smallest absolute Gasteiger partial charge is 0.328 e. The fourth-order valence-corrected chi connectivity index (χ4v) is 3.04. The average molecular weight is 325 g/mol. The first-order valence-corrected chi connectivity index (χ1v) is 8.33. The van der Waals surface area contributed by atoms with Crippen molar-refractivity contribution in [1.29, 1.82) is 0 Å². The van der Waals surface area contributed by atoms with Crippen molar-refractivity contribution in [2.75, 3.05) is 18.5 Å². The van der Waals surface area contributed by atoms with E-state index >= 15 is 0 Å². The SMILES string of the molecule is CC(C=CC=C(C)c1ccc2c(c1)C(C)(C)CCN2C)=CC(=O)O. The molecule has 2 rings (SSSR count). The van der Waals surface area contributed by atoms with E-state index in [1.807, 2.05) is 18.2 Å². The molecule has 0 spiro atoms. The Morgan fingerprint density at radius 2 is 2.00 bits per heavy atom. The van der Waals surface area contributed by atoms with E-state index in [9.17, 15) is 4.79 Å². The first kappa shape index (κ1) is 18.1. The Bertz CT molecular complexity index is 723. The molecule has 24 heavy (non-hydrogen) atoms. The van der Waals surface area contributed by atoms with E-state index in [2.05, 4.69) is 50.9 Å². The zero-order chi connectivity index (χ0) is 17.9. The summed E-state index contributed by atoms with van der Waals surface area (Å²) in [7, 11) is 2.15. The highest BCUT2D eigenvalue weighted by Gasteiger charge is 2.29. The van der Waals surface area contributed by atoms with E-state index in [-0.39, 0.29) is 5.41 Å². The number of anilines is 1. The number of benzene rings is 1. The van der Waals surface area contributed by atoms with E-state index < -0.39 is 5.97 Å². The third-order valence-corrected chi connectivity index (χ3v) is 4.72. The molecule has 1 aromatic rings. The van der Waals surface area contributed by atoms with Gasteiger partial charge in [0.05, 0.1) is 0 Å². The van der Waals surface area contributed by atoms with Crippen LogP contribution in [0, 0.1) is 0 Å². The molecule has 1 aromatic carbocycles. The minimum Gasteiger partial charge on any atom is -0.478 e. The molecular formula is C21H27NO2. The lowest BCUT2D eigenvalue weighted by atomic mass is 9.77. The molecule has 0 bridgehead atoms. The molecule has 1 aliphatic rings. The molecule has 128 valence electrons. The Labute approximate surface area is 145 Å². The van der Waals surface area contributed by atoms with Crippen LogP contribution in [0.15, 0.2) is 48.1 Å². The lowest BCUT2D eigenvalue weighted by Crippen LogP contribution is -2.34. The van der Waals surface area contributed by atoms with Gasteiger partial charge in [-0.15, -0.1) is 0 Å². The number of carboxylic acid groups (broad SMARTS) is 1. The number of hydrogen-bond donors (Lipinski definition) is 1. The molecule has 0 atom stereocenters. The van der Waals surface area contributed by atoms with Crippen LogP contribution in [0.2, 0.25) is 0 Å². The highest BCUT2D eigenvalue weighted by molar-refractivity contribution is 5.81. The molecule has 3 heteroatoms. The van der Waals surface area contributed by atoms with Crippen LogP contribution in [-0.4, -0.2) is 24.7 Å². The molecule has 0 aromatic heterocycles. The molecule has 0 saturated carbocycles. The summed E-state index contributed by atoms with van der Waals surface area (Å²) in [5.74, 6) is -0.918. The highest BCUT2D eigenvalue weighted by atomic mass is 16.4. The van der Waals surface area contributed by atoms with E-state index in [1.54, 1.807) is 6.92 Å². The van der Waals surface area contributed by atoms with Gasteiger partial charge in [-0.2, -0.15) is 0 Å². The Balaban J connectivity index is 2.28. The number of nitrogens with zero attached hydrogens (tertiary/aromatic N) is 1. The van der Waals surface area contributed by atoms with Gasteiger partial charge in [-0.05, 0) is 60.1 Å². The normalized spacial score (nSPS) is 18.0. The topological polar surface area (TPSA) is 40.5 Å². The fourth-order valence-electron chi connectivity index (χ4n) is 3.04. The van der Waals surface area contributed by atoms with Crippen molar-refractivity contribution in [3.63, 3.8) is 0 Å². The molecule has 0 aliphatic carbocycles. The lowest BCUT2D eigenvalue weighted by Gasteiger charge is -2.38. The van der Waals surface area contributed by atoms with Gasteiger partial charge in [-0.25, -0.2) is 4.79 Å². The van der Waals surface area contributed by atoms with Crippen LogP contribution in [0.5, 0.6) is 0 Å². The van der Waals surface area contributed by atoms with Gasteiger partial charge in [-0.3, -0.25) is 0 Å². The second-order valence-corrected chi connectivity index (χ2v) is 7.22. The van der Waals surface area contributed by atoms with Crippen molar-refractivity contribution in [3.8, 4) is 0 Å². The zero-order valence-electron chi connectivity index (χ0n) is 15.3. The zero-order valence-corrected chi connectivity index (χ0v) is 15.3. The summed E-state index contributed by atoms with van der Waals surface area (Å²) in [6.07, 6.45) is 8.10. The first-order chi connectivity index (χ1) is 11.2.